The molecule has 0 aromatic carbocycles. The Morgan fingerprint density at radius 1 is 1.36 bits per heavy atom. The van der Waals surface area contributed by atoms with E-state index in [-0.39, 0.29) is 30.8 Å². The summed E-state index contributed by atoms with van der Waals surface area (Å²) in [6, 6.07) is 0. The smallest absolute Gasteiger partial charge is 0.430 e. The van der Waals surface area contributed by atoms with E-state index < -0.39 is 11.8 Å². The summed E-state index contributed by atoms with van der Waals surface area (Å²) in [4.78, 5) is 38.9. The number of nitrogens with zero attached hydrogens (tertiary/aromatic N) is 2. The molecule has 2 amide bonds. The zero-order valence-electron chi connectivity index (χ0n) is 12.5. The van der Waals surface area contributed by atoms with Gasteiger partial charge in [-0.3, -0.25) is 9.59 Å². The number of ether oxygens (including phenoxy) is 2. The number of carbonyl (C=O) groups excluding carboxylic acids is 3. The Bertz CT molecular complexity index is 510. The van der Waals surface area contributed by atoms with E-state index in [4.69, 9.17) is 9.47 Å². The summed E-state index contributed by atoms with van der Waals surface area (Å²) in [7, 11) is 0. The van der Waals surface area contributed by atoms with E-state index in [1.165, 1.54) is 0 Å². The van der Waals surface area contributed by atoms with Gasteiger partial charge in [0.05, 0.1) is 5.92 Å². The first-order valence-corrected chi connectivity index (χ1v) is 7.56. The first-order valence-electron chi connectivity index (χ1n) is 7.56. The van der Waals surface area contributed by atoms with Crippen LogP contribution in [0.3, 0.4) is 0 Å². The van der Waals surface area contributed by atoms with Gasteiger partial charge in [-0.2, -0.15) is 0 Å². The van der Waals surface area contributed by atoms with Crippen molar-refractivity contribution in [2.24, 2.45) is 5.92 Å². The Morgan fingerprint density at radius 2 is 2.09 bits per heavy atom. The van der Waals surface area contributed by atoms with Gasteiger partial charge in [-0.25, -0.2) is 4.79 Å². The summed E-state index contributed by atoms with van der Waals surface area (Å²) in [5.41, 5.74) is -0.561. The van der Waals surface area contributed by atoms with Crippen LogP contribution in [0.25, 0.3) is 0 Å². The molecule has 7 heteroatoms. The van der Waals surface area contributed by atoms with Crippen molar-refractivity contribution in [2.75, 3.05) is 32.8 Å². The molecule has 0 saturated carbocycles. The first kappa shape index (κ1) is 14.9. The zero-order chi connectivity index (χ0) is 15.7. The van der Waals surface area contributed by atoms with Crippen molar-refractivity contribution in [3.05, 3.63) is 12.7 Å². The number of piperidine rings is 1. The topological polar surface area (TPSA) is 76.2 Å². The van der Waals surface area contributed by atoms with Crippen molar-refractivity contribution in [3.63, 3.8) is 0 Å². The summed E-state index contributed by atoms with van der Waals surface area (Å²) in [5.74, 6) is -0.256. The maximum absolute atomic E-state index is 12.5. The van der Waals surface area contributed by atoms with Gasteiger partial charge in [0.2, 0.25) is 11.8 Å². The third-order valence-corrected chi connectivity index (χ3v) is 4.65. The van der Waals surface area contributed by atoms with E-state index in [9.17, 15) is 14.4 Å². The minimum atomic E-state index is -0.624. The van der Waals surface area contributed by atoms with Crippen LogP contribution in [-0.4, -0.2) is 66.2 Å². The molecule has 0 aliphatic carbocycles. The minimum Gasteiger partial charge on any atom is -0.430 e. The van der Waals surface area contributed by atoms with E-state index in [2.05, 4.69) is 6.58 Å². The summed E-state index contributed by atoms with van der Waals surface area (Å²) < 4.78 is 10.1. The fourth-order valence-corrected chi connectivity index (χ4v) is 3.34. The van der Waals surface area contributed by atoms with Crippen LogP contribution in [0.5, 0.6) is 0 Å². The molecular formula is C15H20N2O5. The highest BCUT2D eigenvalue weighted by atomic mass is 16.8. The third-order valence-electron chi connectivity index (χ3n) is 4.65. The molecule has 3 saturated heterocycles. The summed E-state index contributed by atoms with van der Waals surface area (Å²) in [6.07, 6.45) is 2.49. The van der Waals surface area contributed by atoms with Gasteiger partial charge in [0, 0.05) is 45.4 Å². The Labute approximate surface area is 128 Å². The second-order valence-corrected chi connectivity index (χ2v) is 6.14. The molecular weight excluding hydrogens is 288 g/mol. The quantitative estimate of drug-likeness (QED) is 0.562. The first-order chi connectivity index (χ1) is 10.5. The zero-order valence-corrected chi connectivity index (χ0v) is 12.5. The van der Waals surface area contributed by atoms with Gasteiger partial charge < -0.3 is 19.3 Å². The van der Waals surface area contributed by atoms with Crippen LogP contribution in [0.15, 0.2) is 12.7 Å². The molecule has 120 valence electrons. The van der Waals surface area contributed by atoms with Crippen molar-refractivity contribution in [3.8, 4) is 0 Å². The summed E-state index contributed by atoms with van der Waals surface area (Å²) in [5, 5.41) is 0. The standard InChI is InChI=1S/C15H20N2O5/c1-2-5-17-9-11(8-12(17)18)13(19)16-6-3-15(4-7-16)10-21-14(20)22-15/h2,11H,1,3-10H2. The lowest BCUT2D eigenvalue weighted by atomic mass is 9.91. The number of cyclic esters (lactones) is 1. The fraction of sp³-hybridized carbons (Fsp3) is 0.667. The number of rotatable bonds is 3. The van der Waals surface area contributed by atoms with E-state index in [1.807, 2.05) is 0 Å². The predicted octanol–water partition coefficient (Wildman–Crippen LogP) is 0.549. The second kappa shape index (κ2) is 5.62. The van der Waals surface area contributed by atoms with Gasteiger partial charge >= 0.3 is 6.16 Å². The van der Waals surface area contributed by atoms with Gasteiger partial charge in [-0.15, -0.1) is 6.58 Å². The highest BCUT2D eigenvalue weighted by Crippen LogP contribution is 2.32. The van der Waals surface area contributed by atoms with E-state index in [0.29, 0.717) is 39.0 Å². The van der Waals surface area contributed by atoms with Crippen LogP contribution in [-0.2, 0) is 19.1 Å². The monoisotopic (exact) mass is 308 g/mol. The molecule has 1 spiro atoms. The highest BCUT2D eigenvalue weighted by Gasteiger charge is 2.46. The van der Waals surface area contributed by atoms with Gasteiger partial charge in [-0.1, -0.05) is 6.08 Å². The molecule has 3 heterocycles. The van der Waals surface area contributed by atoms with Gasteiger partial charge in [0.1, 0.15) is 6.61 Å². The molecule has 22 heavy (non-hydrogen) atoms. The van der Waals surface area contributed by atoms with Crippen LogP contribution in [0.2, 0.25) is 0 Å². The van der Waals surface area contributed by atoms with Crippen LogP contribution in [0, 0.1) is 5.92 Å². The summed E-state index contributed by atoms with van der Waals surface area (Å²) >= 11 is 0. The van der Waals surface area contributed by atoms with Gasteiger partial charge in [0.15, 0.2) is 5.60 Å². The van der Waals surface area contributed by atoms with Crippen LogP contribution in [0.1, 0.15) is 19.3 Å². The maximum atomic E-state index is 12.5. The van der Waals surface area contributed by atoms with Crippen molar-refractivity contribution < 1.29 is 23.9 Å². The van der Waals surface area contributed by atoms with Crippen molar-refractivity contribution in [2.45, 2.75) is 24.9 Å². The molecule has 3 fully saturated rings. The molecule has 1 unspecified atom stereocenters. The Hall–Kier alpha value is -2.05. The van der Waals surface area contributed by atoms with Crippen LogP contribution < -0.4 is 0 Å². The normalized spacial score (nSPS) is 27.0. The van der Waals surface area contributed by atoms with E-state index >= 15 is 0 Å². The summed E-state index contributed by atoms with van der Waals surface area (Å²) in [6.45, 7) is 5.90. The van der Waals surface area contributed by atoms with Gasteiger partial charge in [-0.05, 0) is 0 Å². The lowest BCUT2D eigenvalue weighted by Crippen LogP contribution is -2.49. The van der Waals surface area contributed by atoms with Crippen molar-refractivity contribution >= 4 is 18.0 Å². The molecule has 0 aromatic rings. The van der Waals surface area contributed by atoms with Crippen molar-refractivity contribution in [1.29, 1.82) is 0 Å². The molecule has 0 aromatic heterocycles. The highest BCUT2D eigenvalue weighted by molar-refractivity contribution is 5.89. The number of likely N-dealkylation sites (tertiary alicyclic amines) is 2. The average Bonchev–Trinajstić information content (AvgIpc) is 3.04. The molecule has 0 radical (unpaired) electrons. The Balaban J connectivity index is 1.55. The SMILES string of the molecule is C=CCN1CC(C(=O)N2CCC3(CC2)COC(=O)O3)CC1=O. The molecule has 1 atom stereocenters. The number of amides is 2. The van der Waals surface area contributed by atoms with Crippen molar-refractivity contribution in [1.82, 2.24) is 9.80 Å². The molecule has 3 rings (SSSR count). The maximum Gasteiger partial charge on any atom is 0.509 e. The number of hydrogen-bond acceptors (Lipinski definition) is 5. The Morgan fingerprint density at radius 3 is 2.68 bits per heavy atom. The molecule has 0 N–H and O–H groups in total. The second-order valence-electron chi connectivity index (χ2n) is 6.14. The predicted molar refractivity (Wildman–Crippen MR) is 75.9 cm³/mol. The number of carbonyl (C=O) groups is 3. The largest absolute Gasteiger partial charge is 0.509 e. The lowest BCUT2D eigenvalue weighted by molar-refractivity contribution is -0.139. The van der Waals surface area contributed by atoms with E-state index in [1.54, 1.807) is 15.9 Å². The lowest BCUT2D eigenvalue weighted by Gasteiger charge is -2.37. The average molecular weight is 308 g/mol. The molecule has 3 aliphatic rings. The third kappa shape index (κ3) is 2.67. The fourth-order valence-electron chi connectivity index (χ4n) is 3.34. The van der Waals surface area contributed by atoms with Crippen LogP contribution >= 0.6 is 0 Å². The van der Waals surface area contributed by atoms with E-state index in [0.717, 1.165) is 0 Å². The minimum absolute atomic E-state index is 0.00449. The molecule has 0 bridgehead atoms. The number of hydrogen-bond donors (Lipinski definition) is 0. The molecule has 3 aliphatic heterocycles. The van der Waals surface area contributed by atoms with Crippen LogP contribution in [0.4, 0.5) is 4.79 Å². The molecule has 7 nitrogen and oxygen atoms in total. The van der Waals surface area contributed by atoms with Gasteiger partial charge in [0.25, 0.3) is 0 Å². The Kier molecular flexibility index (Phi) is 3.80.